The fourth-order valence-corrected chi connectivity index (χ4v) is 1.61. The number of carbonyl (C=O) groups is 1. The van der Waals surface area contributed by atoms with E-state index < -0.39 is 11.9 Å². The van der Waals surface area contributed by atoms with Crippen LogP contribution in [0.15, 0.2) is 0 Å². The van der Waals surface area contributed by atoms with Crippen molar-refractivity contribution in [1.29, 1.82) is 0 Å². The maximum absolute atomic E-state index is 11.3. The second kappa shape index (κ2) is 4.07. The molecule has 0 unspecified atom stereocenters. The summed E-state index contributed by atoms with van der Waals surface area (Å²) in [6.45, 7) is 1.04. The fourth-order valence-electron chi connectivity index (χ4n) is 1.61. The molecule has 0 bridgehead atoms. The third-order valence-electron chi connectivity index (χ3n) is 2.23. The lowest BCUT2D eigenvalue weighted by molar-refractivity contribution is -0.309. The highest BCUT2D eigenvalue weighted by Crippen LogP contribution is 2.25. The maximum atomic E-state index is 11.3. The monoisotopic (exact) mass is 188 g/mol. The van der Waals surface area contributed by atoms with Gasteiger partial charge in [0.1, 0.15) is 0 Å². The van der Waals surface area contributed by atoms with E-state index in [0.29, 0.717) is 0 Å². The van der Waals surface area contributed by atoms with Gasteiger partial charge in [0.25, 0.3) is 0 Å². The van der Waals surface area contributed by atoms with Crippen molar-refractivity contribution in [2.24, 2.45) is 5.92 Å². The Morgan fingerprint density at radius 1 is 1.31 bits per heavy atom. The average Bonchev–Trinajstić information content (AvgIpc) is 2.03. The minimum Gasteiger partial charge on any atom is -0.408 e. The molecule has 0 radical (unpaired) electrons. The normalized spacial score (nSPS) is 19.9. The van der Waals surface area contributed by atoms with E-state index in [-0.39, 0.29) is 5.92 Å². The highest BCUT2D eigenvalue weighted by molar-refractivity contribution is 5.72. The minimum atomic E-state index is -2.32. The Balaban J connectivity index is 2.38. The van der Waals surface area contributed by atoms with Gasteiger partial charge in [-0.3, -0.25) is 4.79 Å². The molecule has 4 heteroatoms. The molecular weight excluding hydrogens is 172 g/mol. The predicted molar refractivity (Wildman–Crippen MR) is 45.5 cm³/mol. The summed E-state index contributed by atoms with van der Waals surface area (Å²) >= 11 is 0. The summed E-state index contributed by atoms with van der Waals surface area (Å²) in [6.07, 6.45) is 4.80. The van der Waals surface area contributed by atoms with E-state index in [0.717, 1.165) is 39.0 Å². The van der Waals surface area contributed by atoms with Gasteiger partial charge in [-0.2, -0.15) is 0 Å². The summed E-state index contributed by atoms with van der Waals surface area (Å²) < 4.78 is 4.45. The number of carbonyl (C=O) groups excluding carboxylic acids is 1. The number of hydrogen-bond acceptors (Lipinski definition) is 4. The van der Waals surface area contributed by atoms with E-state index in [1.54, 1.807) is 0 Å². The van der Waals surface area contributed by atoms with Crippen LogP contribution in [0.25, 0.3) is 0 Å². The molecule has 1 saturated carbocycles. The van der Waals surface area contributed by atoms with Crippen LogP contribution in [0.4, 0.5) is 0 Å². The van der Waals surface area contributed by atoms with Crippen LogP contribution in [0.1, 0.15) is 39.0 Å². The molecule has 0 aromatic heterocycles. The summed E-state index contributed by atoms with van der Waals surface area (Å²) in [4.78, 5) is 11.3. The van der Waals surface area contributed by atoms with Gasteiger partial charge >= 0.3 is 11.9 Å². The van der Waals surface area contributed by atoms with Gasteiger partial charge in [-0.15, -0.1) is 0 Å². The van der Waals surface area contributed by atoms with Crippen LogP contribution in [-0.2, 0) is 9.53 Å². The zero-order valence-electron chi connectivity index (χ0n) is 7.82. The van der Waals surface area contributed by atoms with Gasteiger partial charge in [-0.1, -0.05) is 19.3 Å². The highest BCUT2D eigenvalue weighted by Gasteiger charge is 2.28. The predicted octanol–water partition coefficient (Wildman–Crippen LogP) is 0.768. The molecule has 4 nitrogen and oxygen atoms in total. The van der Waals surface area contributed by atoms with Crippen molar-refractivity contribution in [2.45, 2.75) is 45.0 Å². The number of hydrogen-bond donors (Lipinski definition) is 2. The lowest BCUT2D eigenvalue weighted by Gasteiger charge is -2.23. The Labute approximate surface area is 77.5 Å². The third kappa shape index (κ3) is 3.74. The smallest absolute Gasteiger partial charge is 0.321 e. The molecular formula is C9H16O4. The molecule has 0 aliphatic heterocycles. The summed E-state index contributed by atoms with van der Waals surface area (Å²) in [5, 5.41) is 17.7. The van der Waals surface area contributed by atoms with Gasteiger partial charge in [0.2, 0.25) is 0 Å². The molecule has 13 heavy (non-hydrogen) atoms. The maximum Gasteiger partial charge on any atom is 0.321 e. The van der Waals surface area contributed by atoms with Crippen LogP contribution < -0.4 is 0 Å². The Morgan fingerprint density at radius 3 is 2.31 bits per heavy atom. The molecule has 1 aliphatic carbocycles. The first-order valence-electron chi connectivity index (χ1n) is 4.66. The number of aliphatic hydroxyl groups is 2. The van der Waals surface area contributed by atoms with Crippen LogP contribution in [0.3, 0.4) is 0 Å². The van der Waals surface area contributed by atoms with Crippen molar-refractivity contribution in [3.63, 3.8) is 0 Å². The van der Waals surface area contributed by atoms with E-state index in [1.807, 2.05) is 0 Å². The van der Waals surface area contributed by atoms with Gasteiger partial charge < -0.3 is 14.9 Å². The molecule has 0 heterocycles. The van der Waals surface area contributed by atoms with Gasteiger partial charge in [0, 0.05) is 6.92 Å². The average molecular weight is 188 g/mol. The van der Waals surface area contributed by atoms with Crippen molar-refractivity contribution in [3.8, 4) is 0 Å². The Morgan fingerprint density at radius 2 is 1.85 bits per heavy atom. The Hall–Kier alpha value is -0.610. The van der Waals surface area contributed by atoms with Crippen molar-refractivity contribution >= 4 is 5.97 Å². The largest absolute Gasteiger partial charge is 0.408 e. The summed E-state index contributed by atoms with van der Waals surface area (Å²) in [5.41, 5.74) is 0. The first-order chi connectivity index (χ1) is 5.99. The van der Waals surface area contributed by atoms with Crippen molar-refractivity contribution in [1.82, 2.24) is 0 Å². The molecule has 76 valence electrons. The second-order valence-electron chi connectivity index (χ2n) is 3.69. The third-order valence-corrected chi connectivity index (χ3v) is 2.23. The van der Waals surface area contributed by atoms with Crippen LogP contribution in [0, 0.1) is 5.92 Å². The molecule has 0 atom stereocenters. The second-order valence-corrected chi connectivity index (χ2v) is 3.69. The standard InChI is InChI=1S/C9H16O4/c1-9(11,12)13-8(10)7-5-3-2-4-6-7/h7,11-12H,2-6H2,1H3. The van der Waals surface area contributed by atoms with Gasteiger partial charge in [0.15, 0.2) is 0 Å². The fraction of sp³-hybridized carbons (Fsp3) is 0.889. The van der Waals surface area contributed by atoms with Crippen LogP contribution >= 0.6 is 0 Å². The first-order valence-corrected chi connectivity index (χ1v) is 4.66. The molecule has 0 saturated heterocycles. The van der Waals surface area contributed by atoms with Crippen molar-refractivity contribution < 1.29 is 19.7 Å². The van der Waals surface area contributed by atoms with Crippen molar-refractivity contribution in [2.75, 3.05) is 0 Å². The molecule has 0 amide bonds. The van der Waals surface area contributed by atoms with E-state index >= 15 is 0 Å². The Bertz CT molecular complexity index is 177. The topological polar surface area (TPSA) is 66.8 Å². The molecule has 1 rings (SSSR count). The van der Waals surface area contributed by atoms with E-state index in [1.165, 1.54) is 0 Å². The zero-order valence-corrected chi connectivity index (χ0v) is 7.82. The highest BCUT2D eigenvalue weighted by atomic mass is 16.8. The molecule has 0 spiro atoms. The van der Waals surface area contributed by atoms with Gasteiger partial charge in [-0.05, 0) is 12.8 Å². The summed E-state index contributed by atoms with van der Waals surface area (Å²) in [6, 6.07) is 0. The van der Waals surface area contributed by atoms with Crippen molar-refractivity contribution in [3.05, 3.63) is 0 Å². The van der Waals surface area contributed by atoms with E-state index in [9.17, 15) is 4.79 Å². The number of esters is 1. The number of rotatable bonds is 2. The summed E-state index contributed by atoms with van der Waals surface area (Å²) in [5.74, 6) is -2.96. The molecule has 1 aliphatic rings. The molecule has 2 N–H and O–H groups in total. The Kier molecular flexibility index (Phi) is 3.27. The van der Waals surface area contributed by atoms with Gasteiger partial charge in [-0.25, -0.2) is 0 Å². The lowest BCUT2D eigenvalue weighted by atomic mass is 9.89. The lowest BCUT2D eigenvalue weighted by Crippen LogP contribution is -2.34. The first kappa shape index (κ1) is 10.5. The summed E-state index contributed by atoms with van der Waals surface area (Å²) in [7, 11) is 0. The van der Waals surface area contributed by atoms with Crippen LogP contribution in [-0.4, -0.2) is 22.2 Å². The van der Waals surface area contributed by atoms with Crippen LogP contribution in [0.2, 0.25) is 0 Å². The molecule has 0 aromatic carbocycles. The van der Waals surface area contributed by atoms with Gasteiger partial charge in [0.05, 0.1) is 5.92 Å². The molecule has 1 fully saturated rings. The van der Waals surface area contributed by atoms with E-state index in [2.05, 4.69) is 4.74 Å². The quantitative estimate of drug-likeness (QED) is 0.496. The zero-order chi connectivity index (χ0) is 9.90. The van der Waals surface area contributed by atoms with E-state index in [4.69, 9.17) is 10.2 Å². The van der Waals surface area contributed by atoms with Crippen LogP contribution in [0.5, 0.6) is 0 Å². The minimum absolute atomic E-state index is 0.146. The number of ether oxygens (including phenoxy) is 1. The SMILES string of the molecule is CC(O)(O)OC(=O)C1CCCCC1. The molecule has 0 aromatic rings.